The lowest BCUT2D eigenvalue weighted by atomic mass is 9.97. The highest BCUT2D eigenvalue weighted by Gasteiger charge is 2.28. The van der Waals surface area contributed by atoms with Crippen molar-refractivity contribution in [2.24, 2.45) is 5.92 Å². The minimum atomic E-state index is -0.322. The Labute approximate surface area is 192 Å². The molecule has 2 aromatic carbocycles. The summed E-state index contributed by atoms with van der Waals surface area (Å²) >= 11 is 0. The molecule has 33 heavy (non-hydrogen) atoms. The molecule has 2 heterocycles. The van der Waals surface area contributed by atoms with E-state index in [4.69, 9.17) is 4.42 Å². The molecule has 3 N–H and O–H groups in total. The molecule has 1 aliphatic rings. The van der Waals surface area contributed by atoms with Gasteiger partial charge in [-0.2, -0.15) is 0 Å². The maximum absolute atomic E-state index is 12.7. The number of benzene rings is 2. The number of furan rings is 1. The zero-order valence-electron chi connectivity index (χ0n) is 18.1. The first-order valence-electron chi connectivity index (χ1n) is 10.9. The van der Waals surface area contributed by atoms with E-state index in [1.807, 2.05) is 42.5 Å². The van der Waals surface area contributed by atoms with Gasteiger partial charge < -0.3 is 25.3 Å². The number of nitrogens with one attached hydrogen (secondary N) is 3. The van der Waals surface area contributed by atoms with Gasteiger partial charge in [0.15, 0.2) is 5.76 Å². The zero-order chi connectivity index (χ0) is 23.0. The highest BCUT2D eigenvalue weighted by atomic mass is 16.3. The number of amides is 4. The molecule has 4 rings (SSSR count). The summed E-state index contributed by atoms with van der Waals surface area (Å²) in [5, 5.41) is 8.59. The Balaban J connectivity index is 1.25. The summed E-state index contributed by atoms with van der Waals surface area (Å²) in [4.78, 5) is 39.0. The smallest absolute Gasteiger partial charge is 0.317 e. The monoisotopic (exact) mass is 446 g/mol. The van der Waals surface area contributed by atoms with Crippen molar-refractivity contribution in [2.45, 2.75) is 19.4 Å². The van der Waals surface area contributed by atoms with Crippen LogP contribution in [-0.2, 0) is 11.3 Å². The zero-order valence-corrected chi connectivity index (χ0v) is 18.1. The SMILES string of the molecule is O=C(Nc1ccc(CNC(=O)N2CCC[C@@H](C(=O)Nc3ccccc3)C2)cc1)c1ccco1. The molecule has 1 atom stereocenters. The third-order valence-corrected chi connectivity index (χ3v) is 5.52. The van der Waals surface area contributed by atoms with Gasteiger partial charge in [-0.3, -0.25) is 9.59 Å². The summed E-state index contributed by atoms with van der Waals surface area (Å²) in [6.07, 6.45) is 2.99. The second-order valence-electron chi connectivity index (χ2n) is 7.93. The molecular formula is C25H26N4O4. The average molecular weight is 447 g/mol. The summed E-state index contributed by atoms with van der Waals surface area (Å²) in [5.74, 6) is -0.381. The maximum atomic E-state index is 12.7. The Bertz CT molecular complexity index is 1080. The predicted molar refractivity (Wildman–Crippen MR) is 125 cm³/mol. The van der Waals surface area contributed by atoms with Crippen LogP contribution in [0.5, 0.6) is 0 Å². The van der Waals surface area contributed by atoms with Crippen molar-refractivity contribution in [1.82, 2.24) is 10.2 Å². The molecule has 8 heteroatoms. The van der Waals surface area contributed by atoms with Gasteiger partial charge in [-0.05, 0) is 54.8 Å². The summed E-state index contributed by atoms with van der Waals surface area (Å²) < 4.78 is 5.08. The van der Waals surface area contributed by atoms with Gasteiger partial charge in [0.2, 0.25) is 5.91 Å². The molecule has 1 aromatic heterocycles. The van der Waals surface area contributed by atoms with Crippen molar-refractivity contribution in [3.8, 4) is 0 Å². The normalized spacial score (nSPS) is 15.5. The number of carbonyl (C=O) groups is 3. The number of piperidine rings is 1. The van der Waals surface area contributed by atoms with E-state index in [-0.39, 0.29) is 29.5 Å². The van der Waals surface area contributed by atoms with Crippen molar-refractivity contribution in [3.63, 3.8) is 0 Å². The minimum absolute atomic E-state index is 0.0640. The number of nitrogens with zero attached hydrogens (tertiary/aromatic N) is 1. The van der Waals surface area contributed by atoms with Gasteiger partial charge in [-0.15, -0.1) is 0 Å². The number of carbonyl (C=O) groups excluding carboxylic acids is 3. The highest BCUT2D eigenvalue weighted by molar-refractivity contribution is 6.02. The van der Waals surface area contributed by atoms with Crippen molar-refractivity contribution < 1.29 is 18.8 Å². The molecule has 0 bridgehead atoms. The van der Waals surface area contributed by atoms with Crippen LogP contribution < -0.4 is 16.0 Å². The van der Waals surface area contributed by atoms with Crippen molar-refractivity contribution in [1.29, 1.82) is 0 Å². The van der Waals surface area contributed by atoms with Crippen LogP contribution >= 0.6 is 0 Å². The first-order chi connectivity index (χ1) is 16.1. The predicted octanol–water partition coefficient (Wildman–Crippen LogP) is 4.09. The van der Waals surface area contributed by atoms with Gasteiger partial charge in [0, 0.05) is 31.0 Å². The molecule has 1 fully saturated rings. The van der Waals surface area contributed by atoms with E-state index in [9.17, 15) is 14.4 Å². The third-order valence-electron chi connectivity index (χ3n) is 5.52. The van der Waals surface area contributed by atoms with E-state index in [0.29, 0.717) is 25.3 Å². The summed E-state index contributed by atoms with van der Waals surface area (Å²) in [5.41, 5.74) is 2.29. The van der Waals surface area contributed by atoms with Gasteiger partial charge in [-0.1, -0.05) is 30.3 Å². The van der Waals surface area contributed by atoms with Crippen LogP contribution in [0, 0.1) is 5.92 Å². The van der Waals surface area contributed by atoms with E-state index in [1.54, 1.807) is 29.2 Å². The van der Waals surface area contributed by atoms with E-state index in [1.165, 1.54) is 6.26 Å². The lowest BCUT2D eigenvalue weighted by Gasteiger charge is -2.32. The van der Waals surface area contributed by atoms with E-state index in [0.717, 1.165) is 24.1 Å². The first kappa shape index (κ1) is 22.1. The molecular weight excluding hydrogens is 420 g/mol. The molecule has 0 aliphatic carbocycles. The van der Waals surface area contributed by atoms with Crippen LogP contribution in [0.25, 0.3) is 0 Å². The number of anilines is 2. The van der Waals surface area contributed by atoms with Crippen molar-refractivity contribution >= 4 is 29.2 Å². The molecule has 3 aromatic rings. The van der Waals surface area contributed by atoms with Gasteiger partial charge in [-0.25, -0.2) is 4.79 Å². The lowest BCUT2D eigenvalue weighted by molar-refractivity contribution is -0.121. The Morgan fingerprint density at radius 1 is 0.909 bits per heavy atom. The average Bonchev–Trinajstić information content (AvgIpc) is 3.39. The molecule has 8 nitrogen and oxygen atoms in total. The summed E-state index contributed by atoms with van der Waals surface area (Å²) in [6, 6.07) is 19.6. The number of urea groups is 1. The molecule has 0 saturated carbocycles. The molecule has 4 amide bonds. The second kappa shape index (κ2) is 10.5. The fraction of sp³-hybridized carbons (Fsp3) is 0.240. The van der Waals surface area contributed by atoms with Crippen LogP contribution in [0.2, 0.25) is 0 Å². The molecule has 0 unspecified atom stereocenters. The topological polar surface area (TPSA) is 104 Å². The van der Waals surface area contributed by atoms with Gasteiger partial charge >= 0.3 is 6.03 Å². The Kier molecular flexibility index (Phi) is 7.04. The quantitative estimate of drug-likeness (QED) is 0.530. The number of para-hydroxylation sites is 1. The maximum Gasteiger partial charge on any atom is 0.317 e. The number of hydrogen-bond acceptors (Lipinski definition) is 4. The van der Waals surface area contributed by atoms with Crippen LogP contribution in [-0.4, -0.2) is 35.8 Å². The highest BCUT2D eigenvalue weighted by Crippen LogP contribution is 2.19. The van der Waals surface area contributed by atoms with E-state index in [2.05, 4.69) is 16.0 Å². The number of likely N-dealkylation sites (tertiary alicyclic amines) is 1. The van der Waals surface area contributed by atoms with Crippen molar-refractivity contribution in [2.75, 3.05) is 23.7 Å². The standard InChI is InChI=1S/C25H26N4O4/c30-23(27-20-7-2-1-3-8-20)19-6-4-14-29(17-19)25(32)26-16-18-10-12-21(13-11-18)28-24(31)22-9-5-15-33-22/h1-3,5,7-13,15,19H,4,6,14,16-17H2,(H,26,32)(H,27,30)(H,28,31)/t19-/m1/s1. The fourth-order valence-corrected chi connectivity index (χ4v) is 3.74. The molecule has 0 radical (unpaired) electrons. The van der Waals surface area contributed by atoms with Gasteiger partial charge in [0.25, 0.3) is 5.91 Å². The number of hydrogen-bond donors (Lipinski definition) is 3. The Hall–Kier alpha value is -4.07. The third kappa shape index (κ3) is 6.00. The Morgan fingerprint density at radius 3 is 2.39 bits per heavy atom. The number of rotatable bonds is 6. The van der Waals surface area contributed by atoms with Gasteiger partial charge in [0.05, 0.1) is 12.2 Å². The van der Waals surface area contributed by atoms with Crippen LogP contribution in [0.1, 0.15) is 29.0 Å². The largest absolute Gasteiger partial charge is 0.459 e. The lowest BCUT2D eigenvalue weighted by Crippen LogP contribution is -2.47. The van der Waals surface area contributed by atoms with Crippen LogP contribution in [0.4, 0.5) is 16.2 Å². The van der Waals surface area contributed by atoms with E-state index < -0.39 is 0 Å². The van der Waals surface area contributed by atoms with Gasteiger partial charge in [0.1, 0.15) is 0 Å². The fourth-order valence-electron chi connectivity index (χ4n) is 3.74. The first-order valence-corrected chi connectivity index (χ1v) is 10.9. The minimum Gasteiger partial charge on any atom is -0.459 e. The molecule has 0 spiro atoms. The molecule has 170 valence electrons. The van der Waals surface area contributed by atoms with E-state index >= 15 is 0 Å². The second-order valence-corrected chi connectivity index (χ2v) is 7.93. The molecule has 1 saturated heterocycles. The summed E-state index contributed by atoms with van der Waals surface area (Å²) in [7, 11) is 0. The van der Waals surface area contributed by atoms with Crippen molar-refractivity contribution in [3.05, 3.63) is 84.3 Å². The Morgan fingerprint density at radius 2 is 1.67 bits per heavy atom. The van der Waals surface area contributed by atoms with Crippen LogP contribution in [0.15, 0.2) is 77.4 Å². The molecule has 1 aliphatic heterocycles. The summed E-state index contributed by atoms with van der Waals surface area (Å²) in [6.45, 7) is 1.36. The van der Waals surface area contributed by atoms with Crippen LogP contribution in [0.3, 0.4) is 0 Å².